The van der Waals surface area contributed by atoms with Crippen LogP contribution >= 0.6 is 11.6 Å². The van der Waals surface area contributed by atoms with Crippen LogP contribution in [-0.4, -0.2) is 31.0 Å². The van der Waals surface area contributed by atoms with Crippen molar-refractivity contribution in [1.29, 1.82) is 0 Å². The summed E-state index contributed by atoms with van der Waals surface area (Å²) in [7, 11) is -3.88. The highest BCUT2D eigenvalue weighted by Crippen LogP contribution is 2.24. The molecule has 1 aliphatic rings. The summed E-state index contributed by atoms with van der Waals surface area (Å²) < 4.78 is 27.6. The first-order valence-corrected chi connectivity index (χ1v) is 12.2. The summed E-state index contributed by atoms with van der Waals surface area (Å²) in [5.74, 6) is -0.787. The van der Waals surface area contributed by atoms with E-state index in [0.29, 0.717) is 5.69 Å². The van der Waals surface area contributed by atoms with Crippen LogP contribution in [0.4, 0.5) is 11.4 Å². The van der Waals surface area contributed by atoms with Gasteiger partial charge in [0.15, 0.2) is 0 Å². The predicted octanol–water partition coefficient (Wildman–Crippen LogP) is 4.04. The fraction of sp³-hybridized carbons (Fsp3) is 0.125. The van der Waals surface area contributed by atoms with Crippen molar-refractivity contribution in [2.24, 2.45) is 0 Å². The van der Waals surface area contributed by atoms with Gasteiger partial charge < -0.3 is 5.32 Å². The van der Waals surface area contributed by atoms with Gasteiger partial charge in [0.25, 0.3) is 15.9 Å². The molecule has 0 aliphatic carbocycles. The second-order valence-electron chi connectivity index (χ2n) is 7.63. The van der Waals surface area contributed by atoms with E-state index in [1.165, 1.54) is 29.2 Å². The zero-order chi connectivity index (χ0) is 24.3. The minimum absolute atomic E-state index is 0.0145. The standard InChI is InChI=1S/C24H20ClN3O5S/c25-20-3-1-2-4-21(20)27-34(32,33)19-11-7-17(8-12-19)24(31)26-18-9-5-16(6-10-18)15-28-22(29)13-14-23(28)30/h1-12,27H,13-15H2,(H,26,31). The van der Waals surface area contributed by atoms with Crippen LogP contribution in [0.3, 0.4) is 0 Å². The summed E-state index contributed by atoms with van der Waals surface area (Å²) in [4.78, 5) is 37.3. The van der Waals surface area contributed by atoms with Crippen molar-refractivity contribution in [3.8, 4) is 0 Å². The highest BCUT2D eigenvalue weighted by molar-refractivity contribution is 7.92. The summed E-state index contributed by atoms with van der Waals surface area (Å²) in [6.45, 7) is 0.198. The van der Waals surface area contributed by atoms with E-state index in [0.717, 1.165) is 5.56 Å². The summed E-state index contributed by atoms with van der Waals surface area (Å²) in [5, 5.41) is 3.00. The largest absolute Gasteiger partial charge is 0.322 e. The number of anilines is 2. The van der Waals surface area contributed by atoms with E-state index in [2.05, 4.69) is 10.0 Å². The monoisotopic (exact) mass is 497 g/mol. The predicted molar refractivity (Wildman–Crippen MR) is 128 cm³/mol. The van der Waals surface area contributed by atoms with Gasteiger partial charge in [-0.2, -0.15) is 0 Å². The van der Waals surface area contributed by atoms with Crippen LogP contribution in [0.5, 0.6) is 0 Å². The van der Waals surface area contributed by atoms with Gasteiger partial charge in [0.1, 0.15) is 0 Å². The molecule has 8 nitrogen and oxygen atoms in total. The molecular formula is C24H20ClN3O5S. The number of carbonyl (C=O) groups excluding carboxylic acids is 3. The number of benzene rings is 3. The number of carbonyl (C=O) groups is 3. The molecule has 3 aromatic rings. The zero-order valence-corrected chi connectivity index (χ0v) is 19.4. The van der Waals surface area contributed by atoms with E-state index in [1.807, 2.05) is 0 Å². The molecule has 1 heterocycles. The van der Waals surface area contributed by atoms with Gasteiger partial charge in [-0.3, -0.25) is 24.0 Å². The lowest BCUT2D eigenvalue weighted by atomic mass is 10.1. The smallest absolute Gasteiger partial charge is 0.261 e. The molecule has 34 heavy (non-hydrogen) atoms. The van der Waals surface area contributed by atoms with Gasteiger partial charge in [0, 0.05) is 24.1 Å². The van der Waals surface area contributed by atoms with Crippen molar-refractivity contribution < 1.29 is 22.8 Å². The van der Waals surface area contributed by atoms with Crippen LogP contribution in [-0.2, 0) is 26.2 Å². The molecule has 174 valence electrons. The highest BCUT2D eigenvalue weighted by Gasteiger charge is 2.28. The van der Waals surface area contributed by atoms with Crippen LogP contribution in [0.2, 0.25) is 5.02 Å². The fourth-order valence-corrected chi connectivity index (χ4v) is 4.73. The van der Waals surface area contributed by atoms with E-state index < -0.39 is 15.9 Å². The van der Waals surface area contributed by atoms with Crippen molar-refractivity contribution in [3.05, 3.63) is 88.9 Å². The van der Waals surface area contributed by atoms with Crippen LogP contribution in [0, 0.1) is 0 Å². The Morgan fingerprint density at radius 2 is 1.50 bits per heavy atom. The van der Waals surface area contributed by atoms with Gasteiger partial charge >= 0.3 is 0 Å². The number of likely N-dealkylation sites (tertiary alicyclic amines) is 1. The number of sulfonamides is 1. The maximum atomic E-state index is 12.6. The van der Waals surface area contributed by atoms with E-state index >= 15 is 0 Å². The molecule has 0 aromatic heterocycles. The van der Waals surface area contributed by atoms with Crippen LogP contribution in [0.1, 0.15) is 28.8 Å². The first-order chi connectivity index (χ1) is 16.2. The minimum Gasteiger partial charge on any atom is -0.322 e. The molecule has 0 atom stereocenters. The van der Waals surface area contributed by atoms with E-state index in [-0.39, 0.29) is 52.4 Å². The van der Waals surface area contributed by atoms with Gasteiger partial charge in [-0.25, -0.2) is 8.42 Å². The number of nitrogens with one attached hydrogen (secondary N) is 2. The number of nitrogens with zero attached hydrogens (tertiary/aromatic N) is 1. The lowest BCUT2D eigenvalue weighted by molar-refractivity contribution is -0.139. The Kier molecular flexibility index (Phi) is 6.67. The Balaban J connectivity index is 1.39. The van der Waals surface area contributed by atoms with Crippen molar-refractivity contribution >= 4 is 50.7 Å². The molecule has 3 amide bonds. The fourth-order valence-electron chi connectivity index (χ4n) is 3.41. The van der Waals surface area contributed by atoms with Gasteiger partial charge in [-0.05, 0) is 54.1 Å². The number of hydrogen-bond acceptors (Lipinski definition) is 5. The third kappa shape index (κ3) is 5.27. The molecule has 0 radical (unpaired) electrons. The number of amides is 3. The van der Waals surface area contributed by atoms with E-state index in [4.69, 9.17) is 11.6 Å². The minimum atomic E-state index is -3.88. The van der Waals surface area contributed by atoms with E-state index in [9.17, 15) is 22.8 Å². The maximum Gasteiger partial charge on any atom is 0.261 e. The number of halogens is 1. The molecule has 0 unspecified atom stereocenters. The average molecular weight is 498 g/mol. The number of rotatable bonds is 7. The lowest BCUT2D eigenvalue weighted by Crippen LogP contribution is -2.28. The molecule has 2 N–H and O–H groups in total. The molecule has 4 rings (SSSR count). The molecule has 0 spiro atoms. The highest BCUT2D eigenvalue weighted by atomic mass is 35.5. The SMILES string of the molecule is O=C(Nc1ccc(CN2C(=O)CCC2=O)cc1)c1ccc(S(=O)(=O)Nc2ccccc2Cl)cc1. The molecular weight excluding hydrogens is 478 g/mol. The van der Waals surface area contributed by atoms with Crippen molar-refractivity contribution in [2.75, 3.05) is 10.0 Å². The molecule has 1 fully saturated rings. The third-order valence-electron chi connectivity index (χ3n) is 5.25. The second-order valence-corrected chi connectivity index (χ2v) is 9.72. The van der Waals surface area contributed by atoms with Gasteiger partial charge in [-0.1, -0.05) is 35.9 Å². The average Bonchev–Trinajstić information content (AvgIpc) is 3.14. The number of para-hydroxylation sites is 1. The van der Waals surface area contributed by atoms with Crippen LogP contribution in [0.25, 0.3) is 0 Å². The lowest BCUT2D eigenvalue weighted by Gasteiger charge is -2.14. The molecule has 0 bridgehead atoms. The zero-order valence-electron chi connectivity index (χ0n) is 17.8. The number of hydrogen-bond donors (Lipinski definition) is 2. The molecule has 1 aliphatic heterocycles. The van der Waals surface area contributed by atoms with Crippen molar-refractivity contribution in [1.82, 2.24) is 4.90 Å². The molecule has 0 saturated carbocycles. The summed E-state index contributed by atoms with van der Waals surface area (Å²) >= 11 is 6.01. The third-order valence-corrected chi connectivity index (χ3v) is 6.96. The Morgan fingerprint density at radius 3 is 2.12 bits per heavy atom. The summed E-state index contributed by atoms with van der Waals surface area (Å²) in [6, 6.07) is 18.8. The summed E-state index contributed by atoms with van der Waals surface area (Å²) in [5.41, 5.74) is 1.81. The van der Waals surface area contributed by atoms with E-state index in [1.54, 1.807) is 48.5 Å². The van der Waals surface area contributed by atoms with Gasteiger partial charge in [-0.15, -0.1) is 0 Å². The van der Waals surface area contributed by atoms with Crippen molar-refractivity contribution in [2.45, 2.75) is 24.3 Å². The number of imide groups is 1. The maximum absolute atomic E-state index is 12.6. The topological polar surface area (TPSA) is 113 Å². The van der Waals surface area contributed by atoms with Crippen LogP contribution in [0.15, 0.2) is 77.7 Å². The quantitative estimate of drug-likeness (QED) is 0.478. The molecule has 10 heteroatoms. The van der Waals surface area contributed by atoms with Crippen molar-refractivity contribution in [3.63, 3.8) is 0 Å². The van der Waals surface area contributed by atoms with Gasteiger partial charge in [0.2, 0.25) is 11.8 Å². The normalized spacial score (nSPS) is 13.7. The molecule has 1 saturated heterocycles. The Morgan fingerprint density at radius 1 is 0.882 bits per heavy atom. The Hall–Kier alpha value is -3.69. The molecule has 3 aromatic carbocycles. The Bertz CT molecular complexity index is 1340. The van der Waals surface area contributed by atoms with Gasteiger partial charge in [0.05, 0.1) is 22.2 Å². The Labute approximate surface area is 201 Å². The second kappa shape index (κ2) is 9.66. The summed E-state index contributed by atoms with van der Waals surface area (Å²) in [6.07, 6.45) is 0.478. The first kappa shape index (κ1) is 23.5. The van der Waals surface area contributed by atoms with Crippen LogP contribution < -0.4 is 10.0 Å². The first-order valence-electron chi connectivity index (χ1n) is 10.3.